The molecule has 0 saturated carbocycles. The molecule has 1 atom stereocenters. The number of rotatable bonds is 2. The van der Waals surface area contributed by atoms with E-state index in [0.29, 0.717) is 11.3 Å². The Morgan fingerprint density at radius 3 is 2.58 bits per heavy atom. The van der Waals surface area contributed by atoms with Crippen LogP contribution in [0.3, 0.4) is 0 Å². The molecular weight excluding hydrogens is 308 g/mol. The average molecular weight is 326 g/mol. The zero-order chi connectivity index (χ0) is 17.4. The van der Waals surface area contributed by atoms with Crippen molar-refractivity contribution in [3.63, 3.8) is 0 Å². The van der Waals surface area contributed by atoms with Crippen LogP contribution >= 0.6 is 0 Å². The lowest BCUT2D eigenvalue weighted by molar-refractivity contribution is -0.136. The van der Waals surface area contributed by atoms with Gasteiger partial charge in [-0.25, -0.2) is 4.79 Å². The molecule has 0 spiro atoms. The zero-order valence-electron chi connectivity index (χ0n) is 13.7. The molecule has 0 radical (unpaired) electrons. The summed E-state index contributed by atoms with van der Waals surface area (Å²) in [4.78, 5) is 25.1. The van der Waals surface area contributed by atoms with Crippen LogP contribution < -0.4 is 16.0 Å². The monoisotopic (exact) mass is 326 g/mol. The van der Waals surface area contributed by atoms with Gasteiger partial charge in [0.1, 0.15) is 11.3 Å². The van der Waals surface area contributed by atoms with Crippen LogP contribution in [-0.4, -0.2) is 17.6 Å². The molecule has 24 heavy (non-hydrogen) atoms. The molecule has 0 saturated heterocycles. The molecule has 6 nitrogen and oxygen atoms in total. The fourth-order valence-corrected chi connectivity index (χ4v) is 2.93. The van der Waals surface area contributed by atoms with Crippen molar-refractivity contribution >= 4 is 5.97 Å². The highest BCUT2D eigenvalue weighted by Gasteiger charge is 2.37. The van der Waals surface area contributed by atoms with Crippen LogP contribution in [0.2, 0.25) is 0 Å². The molecule has 0 bridgehead atoms. The number of carbonyl (C=O) groups is 1. The largest absolute Gasteiger partial charge is 0.465 e. The van der Waals surface area contributed by atoms with Gasteiger partial charge in [-0.3, -0.25) is 4.79 Å². The average Bonchev–Trinajstić information content (AvgIpc) is 2.59. The van der Waals surface area contributed by atoms with E-state index in [9.17, 15) is 9.59 Å². The number of methoxy groups -OCH3 is 1. The second-order valence-corrected chi connectivity index (χ2v) is 5.64. The summed E-state index contributed by atoms with van der Waals surface area (Å²) in [6, 6.07) is 11.0. The van der Waals surface area contributed by atoms with E-state index in [2.05, 4.69) is 0 Å². The van der Waals surface area contributed by atoms with E-state index >= 15 is 0 Å². The van der Waals surface area contributed by atoms with Crippen LogP contribution in [0.4, 0.5) is 0 Å². The van der Waals surface area contributed by atoms with Gasteiger partial charge in [0.15, 0.2) is 0 Å². The summed E-state index contributed by atoms with van der Waals surface area (Å²) in [7, 11) is 2.95. The Kier molecular flexibility index (Phi) is 3.89. The standard InChI is InChI=1S/C18H18N2O4/c1-10-9-12-14(17(21)20(10)2)13(11-7-5-4-6-8-11)15(16(19)24-12)18(22)23-3/h4-9,13H,19H2,1-3H3/t13-/m0/s1. The number of esters is 1. The number of fused-ring (bicyclic) bond motifs is 1. The highest BCUT2D eigenvalue weighted by molar-refractivity contribution is 5.92. The first-order valence-corrected chi connectivity index (χ1v) is 7.47. The minimum Gasteiger partial charge on any atom is -0.465 e. The van der Waals surface area contributed by atoms with E-state index in [4.69, 9.17) is 15.2 Å². The van der Waals surface area contributed by atoms with Gasteiger partial charge in [0.2, 0.25) is 5.88 Å². The molecule has 1 aromatic heterocycles. The number of benzene rings is 1. The van der Waals surface area contributed by atoms with E-state index in [-0.39, 0.29) is 17.0 Å². The molecule has 1 aliphatic heterocycles. The summed E-state index contributed by atoms with van der Waals surface area (Å²) < 4.78 is 12.0. The molecule has 3 rings (SSSR count). The third kappa shape index (κ3) is 2.36. The second-order valence-electron chi connectivity index (χ2n) is 5.64. The van der Waals surface area contributed by atoms with E-state index < -0.39 is 11.9 Å². The summed E-state index contributed by atoms with van der Waals surface area (Å²) in [5.74, 6) is -0.929. The third-order valence-corrected chi connectivity index (χ3v) is 4.27. The van der Waals surface area contributed by atoms with Gasteiger partial charge in [-0.1, -0.05) is 30.3 Å². The number of nitrogens with two attached hydrogens (primary N) is 1. The number of pyridine rings is 1. The Labute approximate surface area is 139 Å². The Morgan fingerprint density at radius 2 is 1.96 bits per heavy atom. The third-order valence-electron chi connectivity index (χ3n) is 4.27. The highest BCUT2D eigenvalue weighted by atomic mass is 16.5. The Morgan fingerprint density at radius 1 is 1.29 bits per heavy atom. The van der Waals surface area contributed by atoms with Gasteiger partial charge in [0, 0.05) is 18.8 Å². The summed E-state index contributed by atoms with van der Waals surface area (Å²) in [5.41, 5.74) is 7.78. The van der Waals surface area contributed by atoms with Gasteiger partial charge in [0.25, 0.3) is 5.56 Å². The van der Waals surface area contributed by atoms with Crippen LogP contribution in [0.15, 0.2) is 52.6 Å². The summed E-state index contributed by atoms with van der Waals surface area (Å²) >= 11 is 0. The van der Waals surface area contributed by atoms with Crippen LogP contribution in [0.5, 0.6) is 5.75 Å². The van der Waals surface area contributed by atoms with Gasteiger partial charge in [0.05, 0.1) is 18.6 Å². The summed E-state index contributed by atoms with van der Waals surface area (Å²) in [6.45, 7) is 1.80. The van der Waals surface area contributed by atoms with E-state index in [1.807, 2.05) is 30.3 Å². The Bertz CT molecular complexity index is 897. The SMILES string of the molecule is COC(=O)C1=C(N)Oc2cc(C)n(C)c(=O)c2[C@@H]1c1ccccc1. The first kappa shape index (κ1) is 15.9. The summed E-state index contributed by atoms with van der Waals surface area (Å²) in [6.07, 6.45) is 0. The number of carbonyl (C=O) groups excluding carboxylic acids is 1. The molecule has 0 aliphatic carbocycles. The van der Waals surface area contributed by atoms with Crippen molar-refractivity contribution in [3.8, 4) is 5.75 Å². The number of ether oxygens (including phenoxy) is 2. The predicted octanol–water partition coefficient (Wildman–Crippen LogP) is 1.56. The second kappa shape index (κ2) is 5.88. The molecule has 6 heteroatoms. The predicted molar refractivity (Wildman–Crippen MR) is 88.6 cm³/mol. The van der Waals surface area contributed by atoms with Crippen molar-refractivity contribution in [2.45, 2.75) is 12.8 Å². The maximum Gasteiger partial charge on any atom is 0.340 e. The highest BCUT2D eigenvalue weighted by Crippen LogP contribution is 2.40. The van der Waals surface area contributed by atoms with Crippen molar-refractivity contribution in [1.82, 2.24) is 4.57 Å². The first-order chi connectivity index (χ1) is 11.5. The minimum atomic E-state index is -0.637. The molecule has 1 aromatic carbocycles. The number of hydrogen-bond acceptors (Lipinski definition) is 5. The number of aryl methyl sites for hydroxylation is 1. The fraction of sp³-hybridized carbons (Fsp3) is 0.222. The lowest BCUT2D eigenvalue weighted by Gasteiger charge is -2.28. The van der Waals surface area contributed by atoms with Crippen molar-refractivity contribution < 1.29 is 14.3 Å². The quantitative estimate of drug-likeness (QED) is 0.847. The van der Waals surface area contributed by atoms with Crippen LogP contribution in [-0.2, 0) is 16.6 Å². The maximum absolute atomic E-state index is 12.8. The number of hydrogen-bond donors (Lipinski definition) is 1. The van der Waals surface area contributed by atoms with Gasteiger partial charge in [-0.15, -0.1) is 0 Å². The van der Waals surface area contributed by atoms with Crippen molar-refractivity contribution in [3.05, 3.63) is 75.0 Å². The maximum atomic E-state index is 12.8. The molecule has 1 aliphatic rings. The Balaban J connectivity index is 2.35. The fourth-order valence-electron chi connectivity index (χ4n) is 2.93. The van der Waals surface area contributed by atoms with Crippen molar-refractivity contribution in [2.24, 2.45) is 12.8 Å². The minimum absolute atomic E-state index is 0.0455. The molecule has 0 unspecified atom stereocenters. The number of nitrogens with zero attached hydrogens (tertiary/aromatic N) is 1. The van der Waals surface area contributed by atoms with Gasteiger partial charge in [-0.2, -0.15) is 0 Å². The van der Waals surface area contributed by atoms with Crippen molar-refractivity contribution in [2.75, 3.05) is 7.11 Å². The molecular formula is C18H18N2O4. The lowest BCUT2D eigenvalue weighted by Crippen LogP contribution is -2.34. The molecule has 2 N–H and O–H groups in total. The van der Waals surface area contributed by atoms with Crippen LogP contribution in [0, 0.1) is 6.92 Å². The van der Waals surface area contributed by atoms with Gasteiger partial charge >= 0.3 is 5.97 Å². The van der Waals surface area contributed by atoms with Crippen LogP contribution in [0.1, 0.15) is 22.7 Å². The summed E-state index contributed by atoms with van der Waals surface area (Å²) in [5, 5.41) is 0. The van der Waals surface area contributed by atoms with Crippen molar-refractivity contribution in [1.29, 1.82) is 0 Å². The van der Waals surface area contributed by atoms with Gasteiger partial charge < -0.3 is 19.8 Å². The van der Waals surface area contributed by atoms with E-state index in [1.165, 1.54) is 11.7 Å². The van der Waals surface area contributed by atoms with E-state index in [1.54, 1.807) is 20.0 Å². The molecule has 0 fully saturated rings. The zero-order valence-corrected chi connectivity index (χ0v) is 13.7. The molecule has 124 valence electrons. The Hall–Kier alpha value is -3.02. The first-order valence-electron chi connectivity index (χ1n) is 7.47. The van der Waals surface area contributed by atoms with Gasteiger partial charge in [-0.05, 0) is 12.5 Å². The smallest absolute Gasteiger partial charge is 0.340 e. The van der Waals surface area contributed by atoms with Crippen LogP contribution in [0.25, 0.3) is 0 Å². The molecule has 2 heterocycles. The normalized spacial score (nSPS) is 16.4. The lowest BCUT2D eigenvalue weighted by atomic mass is 9.83. The number of aromatic nitrogens is 1. The topological polar surface area (TPSA) is 83.5 Å². The molecule has 2 aromatic rings. The molecule has 0 amide bonds. The van der Waals surface area contributed by atoms with E-state index in [0.717, 1.165) is 11.3 Å².